The first-order valence-corrected chi connectivity index (χ1v) is 3.98. The van der Waals surface area contributed by atoms with Crippen molar-refractivity contribution >= 4 is 17.7 Å². The van der Waals surface area contributed by atoms with E-state index < -0.39 is 12.0 Å². The van der Waals surface area contributed by atoms with Crippen LogP contribution in [0.1, 0.15) is 6.42 Å². The second kappa shape index (κ2) is 7.51. The third-order valence-corrected chi connectivity index (χ3v) is 1.54. The Hall–Kier alpha value is 0.403. The molecule has 0 aliphatic heterocycles. The van der Waals surface area contributed by atoms with Crippen molar-refractivity contribution in [1.82, 2.24) is 0 Å². The Morgan fingerprint density at radius 1 is 1.80 bits per heavy atom. The van der Waals surface area contributed by atoms with E-state index in [1.165, 1.54) is 11.8 Å². The topological polar surface area (TPSA) is 63.9 Å². The summed E-state index contributed by atoms with van der Waals surface area (Å²) in [5.74, 6) is -0.564. The molecule has 0 amide bonds. The zero-order chi connectivity index (χ0) is 7.28. The van der Waals surface area contributed by atoms with E-state index in [0.29, 0.717) is 12.2 Å². The van der Waals surface area contributed by atoms with Gasteiger partial charge in [0.1, 0.15) is 0 Å². The number of carboxylic acids is 1. The molecule has 54 valence electrons. The van der Waals surface area contributed by atoms with Gasteiger partial charge in [0, 0.05) is 5.97 Å². The first kappa shape index (κ1) is 13.0. The predicted octanol–water partition coefficient (Wildman–Crippen LogP) is -0.0923. The molecule has 0 aliphatic rings. The van der Waals surface area contributed by atoms with Gasteiger partial charge in [0.25, 0.3) is 0 Å². The van der Waals surface area contributed by atoms with Crippen molar-refractivity contribution < 1.29 is 29.4 Å². The Morgan fingerprint density at radius 3 is 2.60 bits per heavy atom. The molecule has 1 atom stereocenters. The molecule has 0 aromatic rings. The predicted molar refractivity (Wildman–Crippen MR) is 36.1 cm³/mol. The molecule has 3 nitrogen and oxygen atoms in total. The third kappa shape index (κ3) is 6.52. The fraction of sp³-hybridized carbons (Fsp3) is 0.800. The van der Waals surface area contributed by atoms with Crippen molar-refractivity contribution in [2.45, 2.75) is 12.5 Å². The van der Waals surface area contributed by atoms with Gasteiger partial charge in [-0.2, -0.15) is 11.8 Å². The Morgan fingerprint density at radius 2 is 2.30 bits per heavy atom. The summed E-state index contributed by atoms with van der Waals surface area (Å²) in [6.07, 6.45) is 2.26. The van der Waals surface area contributed by atoms with Crippen molar-refractivity contribution in [1.29, 1.82) is 0 Å². The van der Waals surface area contributed by atoms with Crippen LogP contribution in [-0.4, -0.2) is 24.0 Å². The molecule has 0 aromatic carbocycles. The second-order valence-electron chi connectivity index (χ2n) is 1.65. The average molecular weight is 213 g/mol. The molecule has 0 spiro atoms. The van der Waals surface area contributed by atoms with Crippen molar-refractivity contribution in [2.75, 3.05) is 12.0 Å². The number of rotatable bonds is 4. The maximum absolute atomic E-state index is 9.90. The molecule has 0 saturated heterocycles. The van der Waals surface area contributed by atoms with Gasteiger partial charge in [-0.25, -0.2) is 0 Å². The van der Waals surface area contributed by atoms with Crippen molar-refractivity contribution in [3.8, 4) is 0 Å². The van der Waals surface area contributed by atoms with E-state index in [9.17, 15) is 9.90 Å². The standard InChI is InChI=1S/C5H10NO2S.Zn/c1-9-3-2-4(6)5(7)8;/h4,6H,2-3H2,1H3,(H,7,8);/q-1;+2/p-1/t4-;/m0./s1. The number of nitrogens with one attached hydrogen (secondary N) is 1. The Kier molecular flexibility index (Phi) is 9.78. The van der Waals surface area contributed by atoms with E-state index in [-0.39, 0.29) is 19.5 Å². The number of carbonyl (C=O) groups excluding carboxylic acids is 1. The van der Waals surface area contributed by atoms with E-state index in [2.05, 4.69) is 0 Å². The smallest absolute Gasteiger partial charge is 0.670 e. The average Bonchev–Trinajstić information content (AvgIpc) is 1.82. The van der Waals surface area contributed by atoms with Gasteiger partial charge >= 0.3 is 19.5 Å². The maximum Gasteiger partial charge on any atom is 2.00 e. The quantitative estimate of drug-likeness (QED) is 0.612. The molecule has 0 saturated carbocycles. The van der Waals surface area contributed by atoms with Crippen LogP contribution in [0.5, 0.6) is 0 Å². The van der Waals surface area contributed by atoms with Crippen LogP contribution < -0.4 is 5.11 Å². The molecule has 0 bridgehead atoms. The number of carbonyl (C=O) groups is 1. The van der Waals surface area contributed by atoms with Crippen LogP contribution in [0, 0.1) is 0 Å². The van der Waals surface area contributed by atoms with Gasteiger partial charge < -0.3 is 15.6 Å². The summed E-state index contributed by atoms with van der Waals surface area (Å²) >= 11 is 1.54. The van der Waals surface area contributed by atoms with Crippen LogP contribution in [0.4, 0.5) is 0 Å². The Labute approximate surface area is 77.5 Å². The summed E-state index contributed by atoms with van der Waals surface area (Å²) in [5.41, 5.74) is 6.85. The minimum absolute atomic E-state index is 0. The van der Waals surface area contributed by atoms with Crippen LogP contribution in [0.2, 0.25) is 0 Å². The van der Waals surface area contributed by atoms with Crippen LogP contribution >= 0.6 is 11.8 Å². The van der Waals surface area contributed by atoms with Gasteiger partial charge in [0.05, 0.1) is 0 Å². The van der Waals surface area contributed by atoms with Gasteiger partial charge in [-0.05, 0) is 12.0 Å². The molecular weight excluding hydrogens is 204 g/mol. The molecule has 0 fully saturated rings. The molecule has 10 heavy (non-hydrogen) atoms. The number of aliphatic carboxylic acids is 1. The minimum Gasteiger partial charge on any atom is -0.670 e. The van der Waals surface area contributed by atoms with Crippen molar-refractivity contribution in [3.63, 3.8) is 0 Å². The molecule has 1 N–H and O–H groups in total. The van der Waals surface area contributed by atoms with Gasteiger partial charge in [-0.15, -0.1) is 0 Å². The fourth-order valence-corrected chi connectivity index (χ4v) is 0.825. The third-order valence-electron chi connectivity index (χ3n) is 0.895. The van der Waals surface area contributed by atoms with E-state index in [1.54, 1.807) is 0 Å². The summed E-state index contributed by atoms with van der Waals surface area (Å²) in [6.45, 7) is 0. The molecular formula is C5H9NO2SZn. The fourth-order valence-electron chi connectivity index (χ4n) is 0.354. The number of hydrogen-bond donors (Lipinski definition) is 0. The summed E-state index contributed by atoms with van der Waals surface area (Å²) in [6, 6.07) is -1.04. The largest absolute Gasteiger partial charge is 2.00 e. The SMILES string of the molecule is CSCC[C@H]([NH-])C(=O)[O-].[Zn+2]. The van der Waals surface area contributed by atoms with Gasteiger partial charge in [0.2, 0.25) is 0 Å². The molecule has 0 radical (unpaired) electrons. The first-order valence-electron chi connectivity index (χ1n) is 2.59. The zero-order valence-electron chi connectivity index (χ0n) is 5.92. The molecule has 0 aliphatic carbocycles. The summed E-state index contributed by atoms with van der Waals surface area (Å²) < 4.78 is 0. The molecule has 5 heteroatoms. The Balaban J connectivity index is 0. The van der Waals surface area contributed by atoms with Crippen molar-refractivity contribution in [2.24, 2.45) is 0 Å². The Bertz CT molecular complexity index is 102. The van der Waals surface area contributed by atoms with Crippen LogP contribution in [0.25, 0.3) is 5.73 Å². The monoisotopic (exact) mass is 211 g/mol. The normalized spacial score (nSPS) is 11.8. The summed E-state index contributed by atoms with van der Waals surface area (Å²) in [4.78, 5) is 9.90. The van der Waals surface area contributed by atoms with Crippen molar-refractivity contribution in [3.05, 3.63) is 5.73 Å². The van der Waals surface area contributed by atoms with Crippen LogP contribution in [-0.2, 0) is 24.3 Å². The molecule has 0 aromatic heterocycles. The first-order chi connectivity index (χ1) is 4.18. The zero-order valence-corrected chi connectivity index (χ0v) is 9.71. The second-order valence-corrected chi connectivity index (χ2v) is 2.64. The van der Waals surface area contributed by atoms with Crippen LogP contribution in [0.15, 0.2) is 0 Å². The number of carboxylic acid groups (broad SMARTS) is 1. The number of hydrogen-bond acceptors (Lipinski definition) is 3. The molecule has 0 unspecified atom stereocenters. The molecule has 0 heterocycles. The van der Waals surface area contributed by atoms with E-state index in [4.69, 9.17) is 5.73 Å². The van der Waals surface area contributed by atoms with E-state index in [0.717, 1.165) is 0 Å². The maximum atomic E-state index is 9.90. The summed E-state index contributed by atoms with van der Waals surface area (Å²) in [5, 5.41) is 9.90. The van der Waals surface area contributed by atoms with Gasteiger partial charge in [-0.3, -0.25) is 0 Å². The van der Waals surface area contributed by atoms with Crippen LogP contribution in [0.3, 0.4) is 0 Å². The van der Waals surface area contributed by atoms with Gasteiger partial charge in [0.15, 0.2) is 0 Å². The summed E-state index contributed by atoms with van der Waals surface area (Å²) in [7, 11) is 0. The number of thioether (sulfide) groups is 1. The van der Waals surface area contributed by atoms with E-state index in [1.807, 2.05) is 6.26 Å². The van der Waals surface area contributed by atoms with E-state index >= 15 is 0 Å². The van der Waals surface area contributed by atoms with Gasteiger partial charge in [-0.1, -0.05) is 12.5 Å². The minimum atomic E-state index is -1.27. The molecule has 0 rings (SSSR count).